The predicted octanol–water partition coefficient (Wildman–Crippen LogP) is 3.39. The molecule has 0 radical (unpaired) electrons. The van der Waals surface area contributed by atoms with Gasteiger partial charge in [0.15, 0.2) is 17.3 Å². The standard InChI is InChI=1S/C17H18O5/c1-4-21-17(19)13-10-14(11(2)18)22-16(13)15(20-3)12-8-6-5-7-9-12/h5-10,15H,4H2,1-3H3. The van der Waals surface area contributed by atoms with E-state index in [1.54, 1.807) is 6.92 Å². The van der Waals surface area contributed by atoms with Crippen molar-refractivity contribution in [2.75, 3.05) is 13.7 Å². The molecule has 1 aromatic carbocycles. The fourth-order valence-corrected chi connectivity index (χ4v) is 2.16. The van der Waals surface area contributed by atoms with E-state index in [4.69, 9.17) is 13.9 Å². The number of benzene rings is 1. The van der Waals surface area contributed by atoms with Crippen molar-refractivity contribution in [2.45, 2.75) is 20.0 Å². The first-order valence-corrected chi connectivity index (χ1v) is 6.98. The molecule has 116 valence electrons. The van der Waals surface area contributed by atoms with Gasteiger partial charge in [0.25, 0.3) is 0 Å². The van der Waals surface area contributed by atoms with Gasteiger partial charge in [-0.3, -0.25) is 4.79 Å². The SMILES string of the molecule is CCOC(=O)c1cc(C(C)=O)oc1C(OC)c1ccccc1. The van der Waals surface area contributed by atoms with E-state index in [0.29, 0.717) is 0 Å². The van der Waals surface area contributed by atoms with Crippen molar-refractivity contribution in [1.82, 2.24) is 0 Å². The summed E-state index contributed by atoms with van der Waals surface area (Å²) in [4.78, 5) is 23.7. The molecule has 0 N–H and O–H groups in total. The molecule has 0 aliphatic rings. The number of ether oxygens (including phenoxy) is 2. The zero-order valence-electron chi connectivity index (χ0n) is 12.8. The largest absolute Gasteiger partial charge is 0.462 e. The molecule has 0 saturated heterocycles. The first-order valence-electron chi connectivity index (χ1n) is 6.98. The van der Waals surface area contributed by atoms with E-state index in [2.05, 4.69) is 0 Å². The molecular formula is C17H18O5. The summed E-state index contributed by atoms with van der Waals surface area (Å²) < 4.78 is 16.1. The van der Waals surface area contributed by atoms with E-state index in [1.165, 1.54) is 20.1 Å². The molecule has 0 spiro atoms. The maximum absolute atomic E-state index is 12.1. The molecule has 2 rings (SSSR count). The highest BCUT2D eigenvalue weighted by atomic mass is 16.5. The fourth-order valence-electron chi connectivity index (χ4n) is 2.16. The van der Waals surface area contributed by atoms with E-state index in [-0.39, 0.29) is 29.5 Å². The van der Waals surface area contributed by atoms with Crippen molar-refractivity contribution in [2.24, 2.45) is 0 Å². The Morgan fingerprint density at radius 3 is 2.45 bits per heavy atom. The van der Waals surface area contributed by atoms with Crippen LogP contribution in [0.3, 0.4) is 0 Å². The molecule has 0 fully saturated rings. The first-order chi connectivity index (χ1) is 10.6. The molecule has 0 bridgehead atoms. The summed E-state index contributed by atoms with van der Waals surface area (Å²) in [6.07, 6.45) is -0.589. The molecule has 0 aliphatic carbocycles. The minimum Gasteiger partial charge on any atom is -0.462 e. The van der Waals surface area contributed by atoms with Gasteiger partial charge in [0.2, 0.25) is 0 Å². The Kier molecular flexibility index (Phi) is 5.12. The third kappa shape index (κ3) is 3.26. The Hall–Kier alpha value is -2.40. The predicted molar refractivity (Wildman–Crippen MR) is 80.0 cm³/mol. The highest BCUT2D eigenvalue weighted by Crippen LogP contribution is 2.31. The van der Waals surface area contributed by atoms with Crippen molar-refractivity contribution >= 4 is 11.8 Å². The molecule has 0 amide bonds. The Bertz CT molecular complexity index is 657. The van der Waals surface area contributed by atoms with Crippen LogP contribution in [0.2, 0.25) is 0 Å². The van der Waals surface area contributed by atoms with Crippen molar-refractivity contribution in [3.05, 3.63) is 59.0 Å². The van der Waals surface area contributed by atoms with Crippen molar-refractivity contribution in [1.29, 1.82) is 0 Å². The number of Topliss-reactive ketones (excluding diaryl/α,β-unsaturated/α-hetero) is 1. The third-order valence-corrected chi connectivity index (χ3v) is 3.18. The number of hydrogen-bond acceptors (Lipinski definition) is 5. The maximum atomic E-state index is 12.1. The van der Waals surface area contributed by atoms with Crippen LogP contribution in [0.5, 0.6) is 0 Å². The summed E-state index contributed by atoms with van der Waals surface area (Å²) in [5.74, 6) is -0.417. The third-order valence-electron chi connectivity index (χ3n) is 3.18. The lowest BCUT2D eigenvalue weighted by molar-refractivity contribution is 0.0511. The second kappa shape index (κ2) is 7.04. The van der Waals surface area contributed by atoms with Crippen molar-refractivity contribution in [3.8, 4) is 0 Å². The van der Waals surface area contributed by atoms with E-state index >= 15 is 0 Å². The van der Waals surface area contributed by atoms with E-state index in [1.807, 2.05) is 30.3 Å². The minimum atomic E-state index is -0.589. The van der Waals surface area contributed by atoms with Gasteiger partial charge in [-0.15, -0.1) is 0 Å². The average Bonchev–Trinajstić information content (AvgIpc) is 2.95. The highest BCUT2D eigenvalue weighted by molar-refractivity contribution is 5.97. The van der Waals surface area contributed by atoms with Gasteiger partial charge in [-0.05, 0) is 12.5 Å². The molecule has 2 aromatic rings. The fraction of sp³-hybridized carbons (Fsp3) is 0.294. The number of esters is 1. The molecule has 1 unspecified atom stereocenters. The lowest BCUT2D eigenvalue weighted by atomic mass is 10.0. The molecule has 0 aliphatic heterocycles. The van der Waals surface area contributed by atoms with Crippen LogP contribution in [0.4, 0.5) is 0 Å². The van der Waals surface area contributed by atoms with Gasteiger partial charge < -0.3 is 13.9 Å². The van der Waals surface area contributed by atoms with Gasteiger partial charge in [0, 0.05) is 20.1 Å². The van der Waals surface area contributed by atoms with Gasteiger partial charge in [0.05, 0.1) is 6.61 Å². The van der Waals surface area contributed by atoms with Crippen LogP contribution in [-0.2, 0) is 9.47 Å². The number of carbonyl (C=O) groups is 2. The number of ketones is 1. The Labute approximate surface area is 128 Å². The smallest absolute Gasteiger partial charge is 0.341 e. The highest BCUT2D eigenvalue weighted by Gasteiger charge is 2.28. The molecule has 5 nitrogen and oxygen atoms in total. The van der Waals surface area contributed by atoms with Crippen LogP contribution >= 0.6 is 0 Å². The monoisotopic (exact) mass is 302 g/mol. The Balaban J connectivity index is 2.51. The van der Waals surface area contributed by atoms with Crippen molar-refractivity contribution < 1.29 is 23.5 Å². The van der Waals surface area contributed by atoms with Crippen molar-refractivity contribution in [3.63, 3.8) is 0 Å². The molecule has 1 heterocycles. The summed E-state index contributed by atoms with van der Waals surface area (Å²) >= 11 is 0. The summed E-state index contributed by atoms with van der Waals surface area (Å²) in [5, 5.41) is 0. The number of carbonyl (C=O) groups excluding carboxylic acids is 2. The minimum absolute atomic E-state index is 0.107. The zero-order valence-corrected chi connectivity index (χ0v) is 12.8. The topological polar surface area (TPSA) is 65.7 Å². The lowest BCUT2D eigenvalue weighted by Gasteiger charge is -2.14. The second-order valence-electron chi connectivity index (χ2n) is 4.69. The summed E-state index contributed by atoms with van der Waals surface area (Å²) in [6, 6.07) is 10.7. The summed E-state index contributed by atoms with van der Waals surface area (Å²) in [5.41, 5.74) is 1.03. The Morgan fingerprint density at radius 1 is 1.23 bits per heavy atom. The van der Waals surface area contributed by atoms with Crippen LogP contribution in [-0.4, -0.2) is 25.5 Å². The normalized spacial score (nSPS) is 12.0. The van der Waals surface area contributed by atoms with Gasteiger partial charge in [-0.25, -0.2) is 4.79 Å². The molecule has 1 atom stereocenters. The number of furan rings is 1. The number of hydrogen-bond donors (Lipinski definition) is 0. The van der Waals surface area contributed by atoms with Crippen LogP contribution < -0.4 is 0 Å². The van der Waals surface area contributed by atoms with E-state index in [0.717, 1.165) is 5.56 Å². The first kappa shape index (κ1) is 16.0. The van der Waals surface area contributed by atoms with Crippen LogP contribution in [0.15, 0.2) is 40.8 Å². The average molecular weight is 302 g/mol. The summed E-state index contributed by atoms with van der Waals surface area (Å²) in [6.45, 7) is 3.33. The van der Waals surface area contributed by atoms with Gasteiger partial charge in [0.1, 0.15) is 11.7 Å². The van der Waals surface area contributed by atoms with E-state index in [9.17, 15) is 9.59 Å². The van der Waals surface area contributed by atoms with Gasteiger partial charge in [-0.1, -0.05) is 30.3 Å². The molecule has 5 heteroatoms. The lowest BCUT2D eigenvalue weighted by Crippen LogP contribution is -2.10. The Morgan fingerprint density at radius 2 is 1.91 bits per heavy atom. The van der Waals surface area contributed by atoms with Crippen LogP contribution in [0.1, 0.15) is 52.2 Å². The molecular weight excluding hydrogens is 284 g/mol. The molecule has 0 saturated carbocycles. The zero-order chi connectivity index (χ0) is 16.1. The van der Waals surface area contributed by atoms with Gasteiger partial charge >= 0.3 is 5.97 Å². The molecule has 22 heavy (non-hydrogen) atoms. The van der Waals surface area contributed by atoms with Crippen LogP contribution in [0.25, 0.3) is 0 Å². The second-order valence-corrected chi connectivity index (χ2v) is 4.69. The van der Waals surface area contributed by atoms with E-state index < -0.39 is 12.1 Å². The number of rotatable bonds is 6. The molecule has 1 aromatic heterocycles. The number of methoxy groups -OCH3 is 1. The maximum Gasteiger partial charge on any atom is 0.341 e. The van der Waals surface area contributed by atoms with Crippen LogP contribution in [0, 0.1) is 0 Å². The quantitative estimate of drug-likeness (QED) is 0.604. The van der Waals surface area contributed by atoms with Gasteiger partial charge in [-0.2, -0.15) is 0 Å². The summed E-state index contributed by atoms with van der Waals surface area (Å²) in [7, 11) is 1.52.